The Balaban J connectivity index is 2.16. The molecule has 0 spiro atoms. The highest BCUT2D eigenvalue weighted by atomic mass is 35.5. The van der Waals surface area contributed by atoms with E-state index in [4.69, 9.17) is 21.6 Å². The van der Waals surface area contributed by atoms with Crippen LogP contribution in [0.2, 0.25) is 5.02 Å². The Labute approximate surface area is 123 Å². The predicted molar refractivity (Wildman–Crippen MR) is 77.6 cm³/mol. The second-order valence-corrected chi connectivity index (χ2v) is 4.90. The van der Waals surface area contributed by atoms with E-state index in [-0.39, 0.29) is 0 Å². The van der Waals surface area contributed by atoms with E-state index in [1.165, 1.54) is 0 Å². The fraction of sp³-hybridized carbons (Fsp3) is 0.188. The summed E-state index contributed by atoms with van der Waals surface area (Å²) in [6, 6.07) is 14.4. The van der Waals surface area contributed by atoms with Crippen LogP contribution in [0.3, 0.4) is 0 Å². The number of aliphatic hydroxyl groups excluding tert-OH is 1. The highest BCUT2D eigenvalue weighted by Crippen LogP contribution is 2.28. The fourth-order valence-electron chi connectivity index (χ4n) is 1.87. The first-order valence-electron chi connectivity index (χ1n) is 6.19. The maximum atomic E-state index is 9.73. The van der Waals surface area contributed by atoms with E-state index < -0.39 is 6.10 Å². The summed E-state index contributed by atoms with van der Waals surface area (Å²) in [6.07, 6.45) is -0.658. The van der Waals surface area contributed by atoms with Crippen LogP contribution in [0.25, 0.3) is 0 Å². The van der Waals surface area contributed by atoms with Crippen LogP contribution in [0.15, 0.2) is 42.5 Å². The van der Waals surface area contributed by atoms with E-state index in [0.29, 0.717) is 28.5 Å². The standard InChI is InChI=1S/C16H14ClNO2/c1-11(19)15-8-14(17)5-6-16(15)20-10-13-4-2-3-12(7-13)9-18/h2-8,11,19H,10H2,1H3. The molecule has 1 N–H and O–H groups in total. The Morgan fingerprint density at radius 3 is 2.80 bits per heavy atom. The maximum absolute atomic E-state index is 9.73. The lowest BCUT2D eigenvalue weighted by Gasteiger charge is -2.14. The molecule has 0 fully saturated rings. The summed E-state index contributed by atoms with van der Waals surface area (Å²) in [6.45, 7) is 1.99. The molecule has 0 amide bonds. The molecule has 102 valence electrons. The molecule has 1 unspecified atom stereocenters. The molecule has 0 aliphatic heterocycles. The van der Waals surface area contributed by atoms with Crippen LogP contribution in [-0.4, -0.2) is 5.11 Å². The van der Waals surface area contributed by atoms with Gasteiger partial charge >= 0.3 is 0 Å². The molecule has 20 heavy (non-hydrogen) atoms. The Kier molecular flexibility index (Phi) is 4.62. The van der Waals surface area contributed by atoms with E-state index >= 15 is 0 Å². The van der Waals surface area contributed by atoms with Crippen molar-refractivity contribution < 1.29 is 9.84 Å². The van der Waals surface area contributed by atoms with Gasteiger partial charge in [-0.3, -0.25) is 0 Å². The number of ether oxygens (including phenoxy) is 1. The molecule has 0 heterocycles. The molecule has 0 bridgehead atoms. The van der Waals surface area contributed by atoms with Crippen LogP contribution in [0.4, 0.5) is 0 Å². The lowest BCUT2D eigenvalue weighted by atomic mass is 10.1. The number of hydrogen-bond donors (Lipinski definition) is 1. The molecule has 3 nitrogen and oxygen atoms in total. The molecule has 0 saturated heterocycles. The van der Waals surface area contributed by atoms with Crippen molar-refractivity contribution in [1.29, 1.82) is 5.26 Å². The highest BCUT2D eigenvalue weighted by molar-refractivity contribution is 6.30. The molecule has 1 atom stereocenters. The zero-order valence-corrected chi connectivity index (χ0v) is 11.8. The zero-order chi connectivity index (χ0) is 14.5. The number of aliphatic hydroxyl groups is 1. The fourth-order valence-corrected chi connectivity index (χ4v) is 2.05. The molecular weight excluding hydrogens is 274 g/mol. The van der Waals surface area contributed by atoms with Gasteiger partial charge in [-0.25, -0.2) is 0 Å². The van der Waals surface area contributed by atoms with Crippen LogP contribution in [0, 0.1) is 11.3 Å². The largest absolute Gasteiger partial charge is 0.489 e. The van der Waals surface area contributed by atoms with Crippen molar-refractivity contribution >= 4 is 11.6 Å². The van der Waals surface area contributed by atoms with Crippen molar-refractivity contribution in [2.45, 2.75) is 19.6 Å². The lowest BCUT2D eigenvalue weighted by molar-refractivity contribution is 0.190. The van der Waals surface area contributed by atoms with Crippen molar-refractivity contribution in [1.82, 2.24) is 0 Å². The molecule has 0 radical (unpaired) electrons. The second-order valence-electron chi connectivity index (χ2n) is 4.46. The molecule has 2 aromatic carbocycles. The van der Waals surface area contributed by atoms with E-state index in [2.05, 4.69) is 6.07 Å². The van der Waals surface area contributed by atoms with Crippen LogP contribution in [-0.2, 0) is 6.61 Å². The topological polar surface area (TPSA) is 53.2 Å². The van der Waals surface area contributed by atoms with Gasteiger partial charge in [-0.05, 0) is 42.8 Å². The minimum Gasteiger partial charge on any atom is -0.489 e. The third-order valence-electron chi connectivity index (χ3n) is 2.87. The molecular formula is C16H14ClNO2. The van der Waals surface area contributed by atoms with Gasteiger partial charge in [0.2, 0.25) is 0 Å². The minimum atomic E-state index is -0.658. The van der Waals surface area contributed by atoms with Gasteiger partial charge < -0.3 is 9.84 Å². The van der Waals surface area contributed by atoms with Gasteiger partial charge in [0.25, 0.3) is 0 Å². The molecule has 4 heteroatoms. The third-order valence-corrected chi connectivity index (χ3v) is 3.11. The van der Waals surface area contributed by atoms with E-state index in [1.54, 1.807) is 37.3 Å². The van der Waals surface area contributed by atoms with Crippen LogP contribution in [0.1, 0.15) is 29.7 Å². The number of halogens is 1. The van der Waals surface area contributed by atoms with Crippen molar-refractivity contribution in [2.24, 2.45) is 0 Å². The first-order chi connectivity index (χ1) is 9.60. The normalized spacial score (nSPS) is 11.7. The minimum absolute atomic E-state index is 0.330. The van der Waals surface area contributed by atoms with Gasteiger partial charge in [-0.2, -0.15) is 5.26 Å². The molecule has 2 aromatic rings. The average Bonchev–Trinajstić information content (AvgIpc) is 2.46. The Morgan fingerprint density at radius 2 is 2.10 bits per heavy atom. The van der Waals surface area contributed by atoms with E-state index in [0.717, 1.165) is 5.56 Å². The number of hydrogen-bond acceptors (Lipinski definition) is 3. The van der Waals surface area contributed by atoms with Crippen molar-refractivity contribution in [3.8, 4) is 11.8 Å². The molecule has 0 saturated carbocycles. The first-order valence-corrected chi connectivity index (χ1v) is 6.57. The number of nitrogens with zero attached hydrogens (tertiary/aromatic N) is 1. The number of rotatable bonds is 4. The van der Waals surface area contributed by atoms with Gasteiger partial charge in [0, 0.05) is 10.6 Å². The van der Waals surface area contributed by atoms with Crippen LogP contribution in [0.5, 0.6) is 5.75 Å². The SMILES string of the molecule is CC(O)c1cc(Cl)ccc1OCc1cccc(C#N)c1. The summed E-state index contributed by atoms with van der Waals surface area (Å²) in [4.78, 5) is 0. The van der Waals surface area contributed by atoms with Gasteiger partial charge in [0.1, 0.15) is 12.4 Å². The summed E-state index contributed by atoms with van der Waals surface area (Å²) in [5.74, 6) is 0.590. The summed E-state index contributed by atoms with van der Waals surface area (Å²) in [7, 11) is 0. The summed E-state index contributed by atoms with van der Waals surface area (Å²) in [5, 5.41) is 19.1. The summed E-state index contributed by atoms with van der Waals surface area (Å²) in [5.41, 5.74) is 2.14. The van der Waals surface area contributed by atoms with Crippen molar-refractivity contribution in [3.63, 3.8) is 0 Å². The van der Waals surface area contributed by atoms with Gasteiger partial charge in [-0.1, -0.05) is 23.7 Å². The first kappa shape index (κ1) is 14.4. The second kappa shape index (κ2) is 6.42. The monoisotopic (exact) mass is 287 g/mol. The number of benzene rings is 2. The molecule has 0 aliphatic rings. The van der Waals surface area contributed by atoms with Crippen molar-refractivity contribution in [2.75, 3.05) is 0 Å². The summed E-state index contributed by atoms with van der Waals surface area (Å²) >= 11 is 5.91. The molecule has 2 rings (SSSR count). The van der Waals surface area contributed by atoms with E-state index in [1.807, 2.05) is 12.1 Å². The predicted octanol–water partition coefficient (Wildman–Crippen LogP) is 3.84. The van der Waals surface area contributed by atoms with E-state index in [9.17, 15) is 5.11 Å². The third kappa shape index (κ3) is 3.51. The Morgan fingerprint density at radius 1 is 1.30 bits per heavy atom. The summed E-state index contributed by atoms with van der Waals surface area (Å²) < 4.78 is 5.71. The van der Waals surface area contributed by atoms with Crippen LogP contribution < -0.4 is 4.74 Å². The Hall–Kier alpha value is -2.02. The molecule has 0 aliphatic carbocycles. The van der Waals surface area contributed by atoms with Gasteiger partial charge in [0.05, 0.1) is 17.7 Å². The quantitative estimate of drug-likeness (QED) is 0.929. The Bertz CT molecular complexity index is 647. The maximum Gasteiger partial charge on any atom is 0.125 e. The number of nitriles is 1. The molecule has 0 aromatic heterocycles. The van der Waals surface area contributed by atoms with Gasteiger partial charge in [-0.15, -0.1) is 0 Å². The van der Waals surface area contributed by atoms with Crippen molar-refractivity contribution in [3.05, 3.63) is 64.2 Å². The van der Waals surface area contributed by atoms with Crippen LogP contribution >= 0.6 is 11.6 Å². The van der Waals surface area contributed by atoms with Gasteiger partial charge in [0.15, 0.2) is 0 Å². The highest BCUT2D eigenvalue weighted by Gasteiger charge is 2.10. The average molecular weight is 288 g/mol. The zero-order valence-electron chi connectivity index (χ0n) is 11.0. The smallest absolute Gasteiger partial charge is 0.125 e. The lowest BCUT2D eigenvalue weighted by Crippen LogP contribution is -2.01.